The Kier molecular flexibility index (Phi) is 4.10. The van der Waals surface area contributed by atoms with Gasteiger partial charge in [0.2, 0.25) is 0 Å². The van der Waals surface area contributed by atoms with E-state index >= 15 is 0 Å². The molecule has 0 aliphatic heterocycles. The van der Waals surface area contributed by atoms with Gasteiger partial charge in [0, 0.05) is 5.39 Å². The molecule has 0 heterocycles. The van der Waals surface area contributed by atoms with Crippen LogP contribution in [0.4, 0.5) is 4.39 Å². The van der Waals surface area contributed by atoms with E-state index in [9.17, 15) is 4.39 Å². The third-order valence-corrected chi connectivity index (χ3v) is 1.74. The van der Waals surface area contributed by atoms with Crippen molar-refractivity contribution in [2.75, 3.05) is 0 Å². The molecule has 2 aromatic rings. The maximum Gasteiger partial charge on any atom is 0.432 e. The van der Waals surface area contributed by atoms with E-state index in [1.54, 1.807) is 12.1 Å². The SMILES string of the molecule is Fc1cccc2ccccc12.OBO. The molecule has 14 heavy (non-hydrogen) atoms. The minimum Gasteiger partial charge on any atom is -0.430 e. The molecule has 2 nitrogen and oxygen atoms in total. The molecule has 72 valence electrons. The van der Waals surface area contributed by atoms with E-state index < -0.39 is 7.69 Å². The molecule has 2 aromatic carbocycles. The van der Waals surface area contributed by atoms with Crippen molar-refractivity contribution in [3.8, 4) is 0 Å². The molecule has 0 saturated heterocycles. The van der Waals surface area contributed by atoms with Crippen LogP contribution in [0.2, 0.25) is 0 Å². The van der Waals surface area contributed by atoms with Crippen molar-refractivity contribution in [2.24, 2.45) is 0 Å². The number of halogens is 1. The van der Waals surface area contributed by atoms with Gasteiger partial charge >= 0.3 is 7.69 Å². The predicted molar refractivity (Wildman–Crippen MR) is 55.5 cm³/mol. The highest BCUT2D eigenvalue weighted by Gasteiger charge is 1.95. The molecular formula is C10H10BFO2. The highest BCUT2D eigenvalue weighted by molar-refractivity contribution is 6.13. The van der Waals surface area contributed by atoms with Gasteiger partial charge in [-0.1, -0.05) is 36.4 Å². The maximum atomic E-state index is 13.0. The Hall–Kier alpha value is -1.39. The van der Waals surface area contributed by atoms with Gasteiger partial charge in [0.1, 0.15) is 5.82 Å². The number of fused-ring (bicyclic) bond motifs is 1. The Morgan fingerprint density at radius 2 is 1.50 bits per heavy atom. The molecule has 4 heteroatoms. The average Bonchev–Trinajstić information content (AvgIpc) is 2.20. The van der Waals surface area contributed by atoms with Crippen molar-refractivity contribution >= 4 is 18.5 Å². The molecule has 0 unspecified atom stereocenters. The monoisotopic (exact) mass is 192 g/mol. The Bertz CT molecular complexity index is 401. The first-order valence-corrected chi connectivity index (χ1v) is 4.14. The first kappa shape index (κ1) is 10.7. The summed E-state index contributed by atoms with van der Waals surface area (Å²) in [5.74, 6) is -0.150. The minimum absolute atomic E-state index is 0.150. The quantitative estimate of drug-likeness (QED) is 0.616. The summed E-state index contributed by atoms with van der Waals surface area (Å²) in [6.45, 7) is 0. The largest absolute Gasteiger partial charge is 0.432 e. The Morgan fingerprint density at radius 1 is 0.929 bits per heavy atom. The third-order valence-electron chi connectivity index (χ3n) is 1.74. The van der Waals surface area contributed by atoms with Crippen molar-refractivity contribution < 1.29 is 14.4 Å². The van der Waals surface area contributed by atoms with E-state index in [1.165, 1.54) is 6.07 Å². The van der Waals surface area contributed by atoms with E-state index in [4.69, 9.17) is 10.0 Å². The first-order chi connectivity index (χ1) is 6.79. The summed E-state index contributed by atoms with van der Waals surface area (Å²) in [4.78, 5) is 0. The van der Waals surface area contributed by atoms with Gasteiger partial charge in [-0.15, -0.1) is 0 Å². The van der Waals surface area contributed by atoms with Gasteiger partial charge in [0.15, 0.2) is 0 Å². The van der Waals surface area contributed by atoms with Gasteiger partial charge < -0.3 is 10.0 Å². The maximum absolute atomic E-state index is 13.0. The zero-order chi connectivity index (χ0) is 10.4. The van der Waals surface area contributed by atoms with E-state index in [1.807, 2.05) is 24.3 Å². The molecule has 0 fully saturated rings. The van der Waals surface area contributed by atoms with Gasteiger partial charge in [0.25, 0.3) is 0 Å². The zero-order valence-corrected chi connectivity index (χ0v) is 7.52. The Morgan fingerprint density at radius 3 is 2.14 bits per heavy atom. The van der Waals surface area contributed by atoms with Crippen LogP contribution < -0.4 is 0 Å². The van der Waals surface area contributed by atoms with Crippen LogP contribution in [0.1, 0.15) is 0 Å². The molecule has 0 aliphatic carbocycles. The lowest BCUT2D eigenvalue weighted by molar-refractivity contribution is 0.448. The average molecular weight is 192 g/mol. The summed E-state index contributed by atoms with van der Waals surface area (Å²) < 4.78 is 13.0. The van der Waals surface area contributed by atoms with Gasteiger partial charge in [-0.3, -0.25) is 0 Å². The van der Waals surface area contributed by atoms with Crippen LogP contribution in [0.3, 0.4) is 0 Å². The van der Waals surface area contributed by atoms with E-state index in [-0.39, 0.29) is 5.82 Å². The number of hydrogen-bond donors (Lipinski definition) is 2. The van der Waals surface area contributed by atoms with Crippen molar-refractivity contribution in [3.05, 3.63) is 48.3 Å². The predicted octanol–water partition coefficient (Wildman–Crippen LogP) is 1.22. The molecule has 2 rings (SSSR count). The lowest BCUT2D eigenvalue weighted by Gasteiger charge is -1.95. The van der Waals surface area contributed by atoms with Crippen LogP contribution in [0.15, 0.2) is 42.5 Å². The fourth-order valence-electron chi connectivity index (χ4n) is 1.19. The Labute approximate surface area is 81.9 Å². The van der Waals surface area contributed by atoms with Crippen molar-refractivity contribution in [3.63, 3.8) is 0 Å². The number of hydrogen-bond acceptors (Lipinski definition) is 2. The van der Waals surface area contributed by atoms with Crippen molar-refractivity contribution in [1.82, 2.24) is 0 Å². The normalized spacial score (nSPS) is 9.07. The van der Waals surface area contributed by atoms with Crippen LogP contribution in [0, 0.1) is 5.82 Å². The summed E-state index contributed by atoms with van der Waals surface area (Å²) in [5.41, 5.74) is 0. The van der Waals surface area contributed by atoms with Crippen LogP contribution in [0.5, 0.6) is 0 Å². The second kappa shape index (κ2) is 5.37. The van der Waals surface area contributed by atoms with Gasteiger partial charge in [0.05, 0.1) is 0 Å². The fourth-order valence-corrected chi connectivity index (χ4v) is 1.19. The summed E-state index contributed by atoms with van der Waals surface area (Å²) in [6.07, 6.45) is 0. The molecule has 0 radical (unpaired) electrons. The second-order valence-electron chi connectivity index (χ2n) is 2.60. The second-order valence-corrected chi connectivity index (χ2v) is 2.60. The smallest absolute Gasteiger partial charge is 0.430 e. The number of rotatable bonds is 0. The minimum atomic E-state index is -0.750. The number of benzene rings is 2. The summed E-state index contributed by atoms with van der Waals surface area (Å²) >= 11 is 0. The highest BCUT2D eigenvalue weighted by Crippen LogP contribution is 2.15. The molecule has 0 spiro atoms. The van der Waals surface area contributed by atoms with Crippen molar-refractivity contribution in [1.29, 1.82) is 0 Å². The Balaban J connectivity index is 0.000000293. The van der Waals surface area contributed by atoms with E-state index in [0.717, 1.165) is 5.39 Å². The van der Waals surface area contributed by atoms with Crippen LogP contribution >= 0.6 is 0 Å². The molecule has 0 aliphatic rings. The summed E-state index contributed by atoms with van der Waals surface area (Å²) in [7, 11) is -0.750. The van der Waals surface area contributed by atoms with Gasteiger partial charge in [-0.05, 0) is 11.5 Å². The molecule has 0 saturated carbocycles. The highest BCUT2D eigenvalue weighted by atomic mass is 19.1. The molecule has 0 amide bonds. The zero-order valence-electron chi connectivity index (χ0n) is 7.52. The first-order valence-electron chi connectivity index (χ1n) is 4.14. The van der Waals surface area contributed by atoms with Crippen LogP contribution in [-0.2, 0) is 0 Å². The molecule has 0 aromatic heterocycles. The third kappa shape index (κ3) is 2.55. The molecule has 2 N–H and O–H groups in total. The standard InChI is InChI=1S/C10H7F.BH3O2/c11-10-7-3-5-8-4-1-2-6-9(8)10;2-1-3/h1-7H;1-3H. The molecule has 0 atom stereocenters. The molecule has 0 bridgehead atoms. The van der Waals surface area contributed by atoms with E-state index in [0.29, 0.717) is 5.39 Å². The molecular weight excluding hydrogens is 182 g/mol. The fraction of sp³-hybridized carbons (Fsp3) is 0. The van der Waals surface area contributed by atoms with Gasteiger partial charge in [-0.2, -0.15) is 0 Å². The van der Waals surface area contributed by atoms with Crippen LogP contribution in [-0.4, -0.2) is 17.7 Å². The lowest BCUT2D eigenvalue weighted by Crippen LogP contribution is -1.76. The lowest BCUT2D eigenvalue weighted by atomic mass is 10.1. The summed E-state index contributed by atoms with van der Waals surface area (Å²) in [5, 5.41) is 15.9. The topological polar surface area (TPSA) is 40.5 Å². The van der Waals surface area contributed by atoms with Crippen molar-refractivity contribution in [2.45, 2.75) is 0 Å². The van der Waals surface area contributed by atoms with Crippen LogP contribution in [0.25, 0.3) is 10.8 Å². The van der Waals surface area contributed by atoms with Gasteiger partial charge in [-0.25, -0.2) is 4.39 Å². The van der Waals surface area contributed by atoms with E-state index in [2.05, 4.69) is 0 Å². The summed E-state index contributed by atoms with van der Waals surface area (Å²) in [6, 6.07) is 12.5.